The van der Waals surface area contributed by atoms with Gasteiger partial charge in [0, 0.05) is 37.5 Å². The number of carbonyl (C=O) groups is 1. The van der Waals surface area contributed by atoms with Gasteiger partial charge in [-0.05, 0) is 32.9 Å². The van der Waals surface area contributed by atoms with E-state index in [4.69, 9.17) is 4.74 Å². The fraction of sp³-hybridized carbons (Fsp3) is 0.389. The van der Waals surface area contributed by atoms with Gasteiger partial charge < -0.3 is 9.30 Å². The summed E-state index contributed by atoms with van der Waals surface area (Å²) in [7, 11) is 0. The van der Waals surface area contributed by atoms with E-state index < -0.39 is 10.8 Å². The Hall–Kier alpha value is -2.85. The number of non-ortho nitro benzene ring substituents is 1. The second-order valence-electron chi connectivity index (χ2n) is 6.05. The van der Waals surface area contributed by atoms with Crippen molar-refractivity contribution in [3.63, 3.8) is 0 Å². The van der Waals surface area contributed by atoms with E-state index >= 15 is 0 Å². The van der Waals surface area contributed by atoms with Crippen LogP contribution in [0.5, 0.6) is 0 Å². The minimum atomic E-state index is -0.443. The summed E-state index contributed by atoms with van der Waals surface area (Å²) in [5.41, 5.74) is 1.94. The molecule has 0 radical (unpaired) electrons. The maximum atomic E-state index is 12.6. The van der Waals surface area contributed by atoms with Crippen molar-refractivity contribution in [2.24, 2.45) is 4.99 Å². The van der Waals surface area contributed by atoms with Crippen LogP contribution >= 0.6 is 11.3 Å². The number of carbonyl (C=O) groups excluding carboxylic acids is 1. The number of amides is 1. The Balaban J connectivity index is 2.08. The first-order valence-corrected chi connectivity index (χ1v) is 9.75. The zero-order valence-electron chi connectivity index (χ0n) is 15.9. The highest BCUT2D eigenvalue weighted by atomic mass is 32.1. The van der Waals surface area contributed by atoms with Crippen molar-refractivity contribution >= 4 is 33.1 Å². The number of nitro benzene ring substituents is 1. The number of thiazole rings is 1. The smallest absolute Gasteiger partial charge is 0.300 e. The van der Waals surface area contributed by atoms with Crippen LogP contribution < -0.4 is 4.80 Å². The van der Waals surface area contributed by atoms with Gasteiger partial charge in [0.25, 0.3) is 11.6 Å². The molecule has 28 heavy (non-hydrogen) atoms. The van der Waals surface area contributed by atoms with Crippen molar-refractivity contribution in [1.29, 1.82) is 0 Å². The van der Waals surface area contributed by atoms with E-state index in [0.717, 1.165) is 11.2 Å². The Kier molecular flexibility index (Phi) is 6.00. The van der Waals surface area contributed by atoms with E-state index in [1.165, 1.54) is 23.5 Å². The average molecular weight is 403 g/mol. The van der Waals surface area contributed by atoms with E-state index in [0.29, 0.717) is 35.8 Å². The first-order chi connectivity index (χ1) is 13.4. The largest absolute Gasteiger partial charge is 0.380 e. The van der Waals surface area contributed by atoms with Gasteiger partial charge in [0.05, 0.1) is 21.7 Å². The number of rotatable bonds is 7. The van der Waals surface area contributed by atoms with Gasteiger partial charge in [0.15, 0.2) is 10.5 Å². The first kappa shape index (κ1) is 19.9. The average Bonchev–Trinajstić information content (AvgIpc) is 3.21. The third-order valence-corrected chi connectivity index (χ3v) is 5.28. The first-order valence-electron chi connectivity index (χ1n) is 8.93. The van der Waals surface area contributed by atoms with Gasteiger partial charge in [-0.2, -0.15) is 10.1 Å². The van der Waals surface area contributed by atoms with Crippen molar-refractivity contribution in [2.45, 2.75) is 33.9 Å². The molecule has 2 aromatic heterocycles. The van der Waals surface area contributed by atoms with E-state index in [9.17, 15) is 14.9 Å². The number of benzene rings is 1. The lowest BCUT2D eigenvalue weighted by atomic mass is 10.3. The fourth-order valence-corrected chi connectivity index (χ4v) is 3.94. The van der Waals surface area contributed by atoms with Crippen LogP contribution in [0.3, 0.4) is 0 Å². The molecule has 2 heterocycles. The number of nitro groups is 1. The van der Waals surface area contributed by atoms with Crippen molar-refractivity contribution in [3.8, 4) is 0 Å². The molecular weight excluding hydrogens is 382 g/mol. The Labute approximate surface area is 165 Å². The van der Waals surface area contributed by atoms with Crippen LogP contribution in [0.4, 0.5) is 5.69 Å². The SMILES string of the molecule is CCOCCn1c(=NC(=O)c2cc(C)n(CC)n2)sc2cc([N+](=O)[O-])ccc21. The van der Waals surface area contributed by atoms with Crippen LogP contribution in [-0.4, -0.2) is 38.4 Å². The highest BCUT2D eigenvalue weighted by Gasteiger charge is 2.15. The molecule has 0 N–H and O–H groups in total. The monoisotopic (exact) mass is 403 g/mol. The lowest BCUT2D eigenvalue weighted by Gasteiger charge is -2.05. The molecule has 0 aliphatic heterocycles. The summed E-state index contributed by atoms with van der Waals surface area (Å²) in [6.45, 7) is 7.92. The fourth-order valence-electron chi connectivity index (χ4n) is 2.86. The van der Waals surface area contributed by atoms with E-state index in [-0.39, 0.29) is 11.4 Å². The van der Waals surface area contributed by atoms with Gasteiger partial charge in [-0.15, -0.1) is 0 Å². The Morgan fingerprint density at radius 2 is 2.14 bits per heavy atom. The molecule has 0 aliphatic rings. The van der Waals surface area contributed by atoms with Crippen LogP contribution in [0.15, 0.2) is 29.3 Å². The van der Waals surface area contributed by atoms with Crippen LogP contribution in [0.1, 0.15) is 30.0 Å². The molecule has 148 valence electrons. The topological polar surface area (TPSA) is 105 Å². The van der Waals surface area contributed by atoms with Gasteiger partial charge in [0.1, 0.15) is 0 Å². The molecule has 10 heteroatoms. The highest BCUT2D eigenvalue weighted by molar-refractivity contribution is 7.16. The third kappa shape index (κ3) is 4.02. The highest BCUT2D eigenvalue weighted by Crippen LogP contribution is 2.23. The van der Waals surface area contributed by atoms with Gasteiger partial charge in [-0.25, -0.2) is 0 Å². The van der Waals surface area contributed by atoms with E-state index in [1.54, 1.807) is 16.8 Å². The number of fused-ring (bicyclic) bond motifs is 1. The summed E-state index contributed by atoms with van der Waals surface area (Å²) >= 11 is 1.23. The summed E-state index contributed by atoms with van der Waals surface area (Å²) in [5.74, 6) is -0.443. The molecule has 0 fully saturated rings. The summed E-state index contributed by atoms with van der Waals surface area (Å²) in [5, 5.41) is 15.3. The second kappa shape index (κ2) is 8.44. The minimum absolute atomic E-state index is 0.000832. The van der Waals surface area contributed by atoms with E-state index in [1.807, 2.05) is 25.3 Å². The van der Waals surface area contributed by atoms with Crippen LogP contribution in [0, 0.1) is 17.0 Å². The van der Waals surface area contributed by atoms with Crippen molar-refractivity contribution < 1.29 is 14.5 Å². The number of nitrogens with zero attached hydrogens (tertiary/aromatic N) is 5. The predicted octanol–water partition coefficient (Wildman–Crippen LogP) is 2.91. The number of hydrogen-bond donors (Lipinski definition) is 0. The Morgan fingerprint density at radius 3 is 2.79 bits per heavy atom. The molecule has 0 bridgehead atoms. The van der Waals surface area contributed by atoms with Crippen LogP contribution in [-0.2, 0) is 17.8 Å². The molecule has 0 spiro atoms. The normalized spacial score (nSPS) is 12.0. The number of aryl methyl sites for hydroxylation is 2. The molecule has 1 amide bonds. The lowest BCUT2D eigenvalue weighted by molar-refractivity contribution is -0.384. The molecule has 3 rings (SSSR count). The summed E-state index contributed by atoms with van der Waals surface area (Å²) in [4.78, 5) is 28.0. The molecular formula is C18H21N5O4S. The van der Waals surface area contributed by atoms with Gasteiger partial charge >= 0.3 is 0 Å². The molecule has 0 saturated carbocycles. The summed E-state index contributed by atoms with van der Waals surface area (Å²) in [6.07, 6.45) is 0. The lowest BCUT2D eigenvalue weighted by Crippen LogP contribution is -2.20. The number of hydrogen-bond acceptors (Lipinski definition) is 6. The maximum absolute atomic E-state index is 12.6. The quantitative estimate of drug-likeness (QED) is 0.343. The van der Waals surface area contributed by atoms with Gasteiger partial charge in [-0.1, -0.05) is 11.3 Å². The van der Waals surface area contributed by atoms with Crippen molar-refractivity contribution in [2.75, 3.05) is 13.2 Å². The Morgan fingerprint density at radius 1 is 1.36 bits per heavy atom. The Bertz CT molecular complexity index is 1100. The molecule has 0 unspecified atom stereocenters. The molecule has 0 saturated heterocycles. The zero-order chi connectivity index (χ0) is 20.3. The van der Waals surface area contributed by atoms with Crippen molar-refractivity contribution in [1.82, 2.24) is 14.3 Å². The maximum Gasteiger partial charge on any atom is 0.300 e. The van der Waals surface area contributed by atoms with Crippen LogP contribution in [0.2, 0.25) is 0 Å². The molecule has 3 aromatic rings. The molecule has 9 nitrogen and oxygen atoms in total. The molecule has 0 atom stereocenters. The summed E-state index contributed by atoms with van der Waals surface area (Å²) < 4.78 is 9.70. The third-order valence-electron chi connectivity index (χ3n) is 4.24. The standard InChI is InChI=1S/C18H21N5O4S/c1-4-22-12(3)10-14(20-22)17(24)19-18-21(8-9-27-5-2)15-7-6-13(23(25)26)11-16(15)28-18/h6-7,10-11H,4-5,8-9H2,1-3H3. The second-order valence-corrected chi connectivity index (χ2v) is 7.06. The minimum Gasteiger partial charge on any atom is -0.380 e. The number of aromatic nitrogens is 3. The zero-order valence-corrected chi connectivity index (χ0v) is 16.7. The van der Waals surface area contributed by atoms with E-state index in [2.05, 4.69) is 10.1 Å². The van der Waals surface area contributed by atoms with Gasteiger partial charge in [-0.3, -0.25) is 19.6 Å². The van der Waals surface area contributed by atoms with Crippen LogP contribution in [0.25, 0.3) is 10.2 Å². The summed E-state index contributed by atoms with van der Waals surface area (Å²) in [6, 6.07) is 6.33. The number of ether oxygens (including phenoxy) is 1. The molecule has 1 aromatic carbocycles. The molecule has 0 aliphatic carbocycles. The van der Waals surface area contributed by atoms with Crippen molar-refractivity contribution in [3.05, 3.63) is 50.6 Å². The van der Waals surface area contributed by atoms with Gasteiger partial charge in [0.2, 0.25) is 0 Å². The predicted molar refractivity (Wildman–Crippen MR) is 105 cm³/mol.